The smallest absolute Gasteiger partial charge is 0.311 e. The molecule has 0 spiro atoms. The maximum Gasteiger partial charge on any atom is 0.311 e. The summed E-state index contributed by atoms with van der Waals surface area (Å²) in [5.41, 5.74) is 0.525. The quantitative estimate of drug-likeness (QED) is 0.772. The second kappa shape index (κ2) is 3.62. The average Bonchev–Trinajstić information content (AvgIpc) is 2.18. The van der Waals surface area contributed by atoms with Gasteiger partial charge in [-0.3, -0.25) is 4.79 Å². The second-order valence-corrected chi connectivity index (χ2v) is 3.78. The number of aliphatic carboxylic acids is 1. The molecule has 2 N–H and O–H groups in total. The molecule has 1 aliphatic rings. The number of rotatable bonds is 1. The molecule has 0 aromatic heterocycles. The van der Waals surface area contributed by atoms with Crippen LogP contribution >= 0.6 is 11.6 Å². The van der Waals surface area contributed by atoms with Gasteiger partial charge in [0.15, 0.2) is 0 Å². The van der Waals surface area contributed by atoms with Gasteiger partial charge in [0, 0.05) is 11.6 Å². The zero-order chi connectivity index (χ0) is 11.0. The average molecular weight is 229 g/mol. The molecule has 1 aromatic rings. The topological polar surface area (TPSA) is 66.8 Å². The van der Waals surface area contributed by atoms with Crippen molar-refractivity contribution >= 4 is 17.6 Å². The van der Waals surface area contributed by atoms with E-state index in [2.05, 4.69) is 0 Å². The van der Waals surface area contributed by atoms with Crippen LogP contribution in [0.1, 0.15) is 17.9 Å². The highest BCUT2D eigenvalue weighted by Crippen LogP contribution is 2.39. The van der Waals surface area contributed by atoms with Gasteiger partial charge in [-0.15, -0.1) is 0 Å². The van der Waals surface area contributed by atoms with Crippen LogP contribution in [-0.4, -0.2) is 22.8 Å². The van der Waals surface area contributed by atoms with E-state index in [4.69, 9.17) is 21.4 Å². The van der Waals surface area contributed by atoms with E-state index in [9.17, 15) is 9.90 Å². The van der Waals surface area contributed by atoms with Crippen molar-refractivity contribution in [2.45, 2.75) is 12.3 Å². The SMILES string of the molecule is O=C(O)[C@H]1CCOc2cc(O)c(Cl)cc21. The molecule has 2 rings (SSSR count). The van der Waals surface area contributed by atoms with Crippen LogP contribution in [0.2, 0.25) is 5.02 Å². The Bertz CT molecular complexity index is 416. The normalized spacial score (nSPS) is 19.1. The number of fused-ring (bicyclic) bond motifs is 1. The zero-order valence-corrected chi connectivity index (χ0v) is 8.49. The van der Waals surface area contributed by atoms with E-state index in [0.717, 1.165) is 0 Å². The molecule has 0 amide bonds. The number of carboxylic acids is 1. The van der Waals surface area contributed by atoms with Gasteiger partial charge in [-0.25, -0.2) is 0 Å². The van der Waals surface area contributed by atoms with Crippen molar-refractivity contribution in [2.75, 3.05) is 6.61 Å². The van der Waals surface area contributed by atoms with Crippen LogP contribution in [0.3, 0.4) is 0 Å². The Balaban J connectivity index is 2.51. The number of ether oxygens (including phenoxy) is 1. The second-order valence-electron chi connectivity index (χ2n) is 3.37. The fourth-order valence-electron chi connectivity index (χ4n) is 1.65. The summed E-state index contributed by atoms with van der Waals surface area (Å²) in [6, 6.07) is 2.80. The maximum absolute atomic E-state index is 11.0. The largest absolute Gasteiger partial charge is 0.506 e. The van der Waals surface area contributed by atoms with E-state index >= 15 is 0 Å². The van der Waals surface area contributed by atoms with Gasteiger partial charge >= 0.3 is 5.97 Å². The minimum Gasteiger partial charge on any atom is -0.506 e. The molecule has 1 aromatic carbocycles. The number of carbonyl (C=O) groups is 1. The van der Waals surface area contributed by atoms with E-state index in [0.29, 0.717) is 24.3 Å². The fraction of sp³-hybridized carbons (Fsp3) is 0.300. The van der Waals surface area contributed by atoms with Crippen molar-refractivity contribution < 1.29 is 19.7 Å². The van der Waals surface area contributed by atoms with Crippen molar-refractivity contribution in [2.24, 2.45) is 0 Å². The Morgan fingerprint density at radius 1 is 1.53 bits per heavy atom. The van der Waals surface area contributed by atoms with Gasteiger partial charge in [0.05, 0.1) is 17.5 Å². The molecule has 0 saturated heterocycles. The standard InChI is InChI=1S/C10H9ClO4/c11-7-3-6-5(10(13)14)1-2-15-9(6)4-8(7)12/h3-5,12H,1-2H2,(H,13,14)/t5-/m0/s1. The summed E-state index contributed by atoms with van der Waals surface area (Å²) < 4.78 is 5.26. The number of aromatic hydroxyl groups is 1. The van der Waals surface area contributed by atoms with Gasteiger partial charge in [-0.1, -0.05) is 11.6 Å². The van der Waals surface area contributed by atoms with Gasteiger partial charge in [0.1, 0.15) is 11.5 Å². The molecule has 0 bridgehead atoms. The van der Waals surface area contributed by atoms with Crippen LogP contribution in [0.5, 0.6) is 11.5 Å². The van der Waals surface area contributed by atoms with E-state index < -0.39 is 11.9 Å². The molecular formula is C10H9ClO4. The molecular weight excluding hydrogens is 220 g/mol. The third-order valence-electron chi connectivity index (χ3n) is 2.42. The third-order valence-corrected chi connectivity index (χ3v) is 2.72. The Kier molecular flexibility index (Phi) is 2.44. The van der Waals surface area contributed by atoms with Gasteiger partial charge < -0.3 is 14.9 Å². The number of phenols is 1. The predicted molar refractivity (Wildman–Crippen MR) is 53.6 cm³/mol. The van der Waals surface area contributed by atoms with E-state index in [1.807, 2.05) is 0 Å². The fourth-order valence-corrected chi connectivity index (χ4v) is 1.83. The van der Waals surface area contributed by atoms with E-state index in [1.54, 1.807) is 0 Å². The van der Waals surface area contributed by atoms with E-state index in [-0.39, 0.29) is 10.8 Å². The first-order valence-corrected chi connectivity index (χ1v) is 4.85. The number of carboxylic acid groups (broad SMARTS) is 1. The maximum atomic E-state index is 11.0. The predicted octanol–water partition coefficient (Wildman–Crippen LogP) is 2.00. The molecule has 80 valence electrons. The first kappa shape index (κ1) is 10.1. The molecule has 1 aliphatic heterocycles. The summed E-state index contributed by atoms with van der Waals surface area (Å²) in [5, 5.41) is 18.5. The minimum atomic E-state index is -0.902. The van der Waals surface area contributed by atoms with Crippen molar-refractivity contribution in [3.8, 4) is 11.5 Å². The van der Waals surface area contributed by atoms with Gasteiger partial charge in [0.25, 0.3) is 0 Å². The number of hydrogen-bond donors (Lipinski definition) is 2. The lowest BCUT2D eigenvalue weighted by molar-refractivity contribution is -0.139. The Morgan fingerprint density at radius 2 is 2.27 bits per heavy atom. The number of benzene rings is 1. The molecule has 1 heterocycles. The molecule has 0 saturated carbocycles. The van der Waals surface area contributed by atoms with Crippen LogP contribution in [0.15, 0.2) is 12.1 Å². The van der Waals surface area contributed by atoms with Crippen LogP contribution in [0.4, 0.5) is 0 Å². The molecule has 0 unspecified atom stereocenters. The summed E-state index contributed by atoms with van der Waals surface area (Å²) in [7, 11) is 0. The third kappa shape index (κ3) is 1.72. The van der Waals surface area contributed by atoms with Crippen LogP contribution in [0.25, 0.3) is 0 Å². The highest BCUT2D eigenvalue weighted by molar-refractivity contribution is 6.32. The Hall–Kier alpha value is -1.42. The van der Waals surface area contributed by atoms with Gasteiger partial charge in [0.2, 0.25) is 0 Å². The van der Waals surface area contributed by atoms with E-state index in [1.165, 1.54) is 12.1 Å². The first-order valence-electron chi connectivity index (χ1n) is 4.47. The summed E-state index contributed by atoms with van der Waals surface area (Å²) in [6.45, 7) is 0.338. The summed E-state index contributed by atoms with van der Waals surface area (Å²) in [4.78, 5) is 11.0. The first-order chi connectivity index (χ1) is 7.09. The van der Waals surface area contributed by atoms with Crippen molar-refractivity contribution in [3.63, 3.8) is 0 Å². The monoisotopic (exact) mass is 228 g/mol. The Labute approximate surface area is 91.1 Å². The number of phenolic OH excluding ortho intramolecular Hbond substituents is 1. The lowest BCUT2D eigenvalue weighted by Gasteiger charge is -2.23. The lowest BCUT2D eigenvalue weighted by Crippen LogP contribution is -2.20. The molecule has 5 heteroatoms. The highest BCUT2D eigenvalue weighted by Gasteiger charge is 2.28. The summed E-state index contributed by atoms with van der Waals surface area (Å²) >= 11 is 5.72. The lowest BCUT2D eigenvalue weighted by atomic mass is 9.93. The molecule has 0 fully saturated rings. The highest BCUT2D eigenvalue weighted by atomic mass is 35.5. The number of halogens is 1. The zero-order valence-electron chi connectivity index (χ0n) is 7.74. The van der Waals surface area contributed by atoms with Crippen molar-refractivity contribution in [1.29, 1.82) is 0 Å². The van der Waals surface area contributed by atoms with Crippen LogP contribution in [0, 0.1) is 0 Å². The minimum absolute atomic E-state index is 0.0959. The molecule has 15 heavy (non-hydrogen) atoms. The Morgan fingerprint density at radius 3 is 2.93 bits per heavy atom. The van der Waals surface area contributed by atoms with Crippen molar-refractivity contribution in [3.05, 3.63) is 22.7 Å². The number of hydrogen-bond acceptors (Lipinski definition) is 3. The molecule has 0 radical (unpaired) electrons. The summed E-state index contributed by atoms with van der Waals surface area (Å²) in [5.74, 6) is -1.20. The summed E-state index contributed by atoms with van der Waals surface area (Å²) in [6.07, 6.45) is 0.420. The molecule has 1 atom stereocenters. The van der Waals surface area contributed by atoms with Crippen molar-refractivity contribution in [1.82, 2.24) is 0 Å². The van der Waals surface area contributed by atoms with Crippen LogP contribution < -0.4 is 4.74 Å². The molecule has 0 aliphatic carbocycles. The van der Waals surface area contributed by atoms with Gasteiger partial charge in [-0.05, 0) is 12.5 Å². The van der Waals surface area contributed by atoms with Gasteiger partial charge in [-0.2, -0.15) is 0 Å². The van der Waals surface area contributed by atoms with Crippen LogP contribution in [-0.2, 0) is 4.79 Å². The molecule has 4 nitrogen and oxygen atoms in total.